The molecule has 23 heavy (non-hydrogen) atoms. The van der Waals surface area contributed by atoms with E-state index in [1.165, 1.54) is 38.6 Å². The van der Waals surface area contributed by atoms with Crippen molar-refractivity contribution in [2.24, 2.45) is 5.92 Å². The van der Waals surface area contributed by atoms with Crippen LogP contribution in [0.2, 0.25) is 0 Å². The quantitative estimate of drug-likeness (QED) is 0.499. The Hall–Kier alpha value is -1.35. The number of hydrogen-bond acceptors (Lipinski definition) is 3. The molecular weight excluding hydrogens is 286 g/mol. The van der Waals surface area contributed by atoms with Crippen LogP contribution in [-0.2, 0) is 16.1 Å². The van der Waals surface area contributed by atoms with Crippen molar-refractivity contribution in [3.8, 4) is 0 Å². The molecule has 1 aliphatic rings. The van der Waals surface area contributed by atoms with E-state index in [0.717, 1.165) is 31.5 Å². The van der Waals surface area contributed by atoms with Gasteiger partial charge in [-0.05, 0) is 44.5 Å². The predicted molar refractivity (Wildman–Crippen MR) is 94.2 cm³/mol. The van der Waals surface area contributed by atoms with Crippen LogP contribution in [-0.4, -0.2) is 30.5 Å². The smallest absolute Gasteiger partial charge is 0.309 e. The van der Waals surface area contributed by atoms with Gasteiger partial charge in [-0.1, -0.05) is 62.9 Å². The Bertz CT molecular complexity index is 438. The highest BCUT2D eigenvalue weighted by Gasteiger charge is 2.25. The van der Waals surface area contributed by atoms with Crippen molar-refractivity contribution in [2.45, 2.75) is 58.5 Å². The number of hydrogen-bond donors (Lipinski definition) is 0. The zero-order chi connectivity index (χ0) is 16.3. The van der Waals surface area contributed by atoms with Gasteiger partial charge in [0.2, 0.25) is 0 Å². The van der Waals surface area contributed by atoms with E-state index >= 15 is 0 Å². The van der Waals surface area contributed by atoms with Gasteiger partial charge in [-0.15, -0.1) is 0 Å². The van der Waals surface area contributed by atoms with Crippen LogP contribution >= 0.6 is 0 Å². The van der Waals surface area contributed by atoms with E-state index < -0.39 is 0 Å². The van der Waals surface area contributed by atoms with E-state index in [1.807, 2.05) is 30.3 Å². The maximum absolute atomic E-state index is 12.2. The Morgan fingerprint density at radius 2 is 1.78 bits per heavy atom. The molecule has 0 amide bonds. The monoisotopic (exact) mass is 317 g/mol. The third-order valence-electron chi connectivity index (χ3n) is 4.72. The van der Waals surface area contributed by atoms with Gasteiger partial charge in [0.1, 0.15) is 6.61 Å². The molecule has 1 fully saturated rings. The van der Waals surface area contributed by atoms with E-state index in [1.54, 1.807) is 0 Å². The largest absolute Gasteiger partial charge is 0.461 e. The Morgan fingerprint density at radius 1 is 1.09 bits per heavy atom. The van der Waals surface area contributed by atoms with E-state index in [-0.39, 0.29) is 11.9 Å². The molecule has 0 spiro atoms. The number of carbonyl (C=O) groups excluding carboxylic acids is 1. The molecule has 0 atom stereocenters. The summed E-state index contributed by atoms with van der Waals surface area (Å²) in [6, 6.07) is 9.91. The molecule has 1 aliphatic heterocycles. The van der Waals surface area contributed by atoms with E-state index in [4.69, 9.17) is 4.74 Å². The molecule has 3 nitrogen and oxygen atoms in total. The zero-order valence-electron chi connectivity index (χ0n) is 14.5. The molecule has 0 N–H and O–H groups in total. The molecular formula is C20H31NO2. The summed E-state index contributed by atoms with van der Waals surface area (Å²) in [5.41, 5.74) is 1.06. The second-order valence-corrected chi connectivity index (χ2v) is 6.62. The minimum Gasteiger partial charge on any atom is -0.461 e. The number of rotatable bonds is 9. The maximum atomic E-state index is 12.2. The minimum atomic E-state index is -0.0172. The lowest BCUT2D eigenvalue weighted by molar-refractivity contribution is -0.151. The van der Waals surface area contributed by atoms with Crippen molar-refractivity contribution >= 4 is 5.97 Å². The number of piperidine rings is 1. The van der Waals surface area contributed by atoms with Crippen LogP contribution in [0.1, 0.15) is 57.4 Å². The number of unbranched alkanes of at least 4 members (excludes halogenated alkanes) is 4. The number of nitrogens with zero attached hydrogens (tertiary/aromatic N) is 1. The van der Waals surface area contributed by atoms with E-state index in [9.17, 15) is 4.79 Å². The second-order valence-electron chi connectivity index (χ2n) is 6.62. The highest BCUT2D eigenvalue weighted by molar-refractivity contribution is 5.72. The van der Waals surface area contributed by atoms with Crippen LogP contribution in [0.25, 0.3) is 0 Å². The number of carbonyl (C=O) groups is 1. The molecule has 0 saturated carbocycles. The topological polar surface area (TPSA) is 29.5 Å². The fourth-order valence-electron chi connectivity index (χ4n) is 3.18. The average molecular weight is 317 g/mol. The molecule has 2 rings (SSSR count). The van der Waals surface area contributed by atoms with Gasteiger partial charge in [0.15, 0.2) is 0 Å². The van der Waals surface area contributed by atoms with Gasteiger partial charge in [0.05, 0.1) is 5.92 Å². The molecule has 0 radical (unpaired) electrons. The summed E-state index contributed by atoms with van der Waals surface area (Å²) in [4.78, 5) is 14.7. The summed E-state index contributed by atoms with van der Waals surface area (Å²) in [5.74, 6) is 0.0755. The SMILES string of the molecule is CCCCCCCN1CCC(C(=O)OCc2ccccc2)CC1. The van der Waals surface area contributed by atoms with Crippen LogP contribution in [0.4, 0.5) is 0 Å². The van der Waals surface area contributed by atoms with Crippen LogP contribution in [0.3, 0.4) is 0 Å². The van der Waals surface area contributed by atoms with Gasteiger partial charge in [0, 0.05) is 0 Å². The molecule has 0 aromatic heterocycles. The lowest BCUT2D eigenvalue weighted by atomic mass is 9.97. The minimum absolute atomic E-state index is 0.0172. The summed E-state index contributed by atoms with van der Waals surface area (Å²) < 4.78 is 5.47. The molecule has 1 aromatic rings. The highest BCUT2D eigenvalue weighted by Crippen LogP contribution is 2.20. The van der Waals surface area contributed by atoms with Gasteiger partial charge >= 0.3 is 5.97 Å². The first-order valence-electron chi connectivity index (χ1n) is 9.22. The molecule has 3 heteroatoms. The third kappa shape index (κ3) is 6.74. The summed E-state index contributed by atoms with van der Waals surface area (Å²) in [7, 11) is 0. The van der Waals surface area contributed by atoms with E-state index in [0.29, 0.717) is 6.61 Å². The van der Waals surface area contributed by atoms with Crippen molar-refractivity contribution in [2.75, 3.05) is 19.6 Å². The molecule has 1 heterocycles. The molecule has 128 valence electrons. The van der Waals surface area contributed by atoms with Gasteiger partial charge < -0.3 is 9.64 Å². The summed E-state index contributed by atoms with van der Waals surface area (Å²) in [6.45, 7) is 5.92. The van der Waals surface area contributed by atoms with Gasteiger partial charge in [-0.3, -0.25) is 4.79 Å². The van der Waals surface area contributed by atoms with E-state index in [2.05, 4.69) is 11.8 Å². The summed E-state index contributed by atoms with van der Waals surface area (Å²) in [5, 5.41) is 0. The number of esters is 1. The Balaban J connectivity index is 1.59. The standard InChI is InChI=1S/C20H31NO2/c1-2-3-4-5-9-14-21-15-12-19(13-16-21)20(22)23-17-18-10-7-6-8-11-18/h6-8,10-11,19H,2-5,9,12-17H2,1H3. The van der Waals surface area contributed by atoms with Crippen molar-refractivity contribution in [1.82, 2.24) is 4.90 Å². The van der Waals surface area contributed by atoms with Gasteiger partial charge in [0.25, 0.3) is 0 Å². The van der Waals surface area contributed by atoms with Crippen LogP contribution < -0.4 is 0 Å². The summed E-state index contributed by atoms with van der Waals surface area (Å²) in [6.07, 6.45) is 8.55. The molecule has 1 saturated heterocycles. The molecule has 1 aromatic carbocycles. The predicted octanol–water partition coefficient (Wildman–Crippen LogP) is 4.41. The van der Waals surface area contributed by atoms with Crippen molar-refractivity contribution in [1.29, 1.82) is 0 Å². The van der Waals surface area contributed by atoms with Crippen LogP contribution in [0.15, 0.2) is 30.3 Å². The van der Waals surface area contributed by atoms with Crippen molar-refractivity contribution in [3.63, 3.8) is 0 Å². The summed E-state index contributed by atoms with van der Waals surface area (Å²) >= 11 is 0. The normalized spacial score (nSPS) is 16.4. The van der Waals surface area contributed by atoms with Gasteiger partial charge in [-0.2, -0.15) is 0 Å². The van der Waals surface area contributed by atoms with Crippen LogP contribution in [0.5, 0.6) is 0 Å². The molecule has 0 bridgehead atoms. The number of ether oxygens (including phenoxy) is 1. The maximum Gasteiger partial charge on any atom is 0.309 e. The Labute approximate surface area is 141 Å². The molecule has 0 unspecified atom stereocenters. The first kappa shape index (κ1) is 18.0. The highest BCUT2D eigenvalue weighted by atomic mass is 16.5. The Morgan fingerprint density at radius 3 is 2.48 bits per heavy atom. The first-order chi connectivity index (χ1) is 11.3. The fourth-order valence-corrected chi connectivity index (χ4v) is 3.18. The van der Waals surface area contributed by atoms with Gasteiger partial charge in [-0.25, -0.2) is 0 Å². The molecule has 0 aliphatic carbocycles. The number of likely N-dealkylation sites (tertiary alicyclic amines) is 1. The lowest BCUT2D eigenvalue weighted by Crippen LogP contribution is -2.37. The third-order valence-corrected chi connectivity index (χ3v) is 4.72. The zero-order valence-corrected chi connectivity index (χ0v) is 14.5. The van der Waals surface area contributed by atoms with Crippen molar-refractivity contribution in [3.05, 3.63) is 35.9 Å². The average Bonchev–Trinajstić information content (AvgIpc) is 2.61. The Kier molecular flexibility index (Phi) is 8.16. The lowest BCUT2D eigenvalue weighted by Gasteiger charge is -2.30. The fraction of sp³-hybridized carbons (Fsp3) is 0.650. The second kappa shape index (κ2) is 10.4. The van der Waals surface area contributed by atoms with Crippen molar-refractivity contribution < 1.29 is 9.53 Å². The first-order valence-corrected chi connectivity index (χ1v) is 9.22. The van der Waals surface area contributed by atoms with Crippen LogP contribution in [0, 0.1) is 5.92 Å². The number of benzene rings is 1.